The molecule has 1 fully saturated rings. The van der Waals surface area contributed by atoms with E-state index in [1.54, 1.807) is 0 Å². The molecule has 0 amide bonds. The molecule has 1 aliphatic carbocycles. The van der Waals surface area contributed by atoms with Crippen LogP contribution in [0.1, 0.15) is 33.1 Å². The lowest BCUT2D eigenvalue weighted by Gasteiger charge is -2.24. The minimum atomic E-state index is 0. The van der Waals surface area contributed by atoms with Crippen molar-refractivity contribution in [2.24, 2.45) is 16.3 Å². The van der Waals surface area contributed by atoms with Gasteiger partial charge >= 0.3 is 0 Å². The van der Waals surface area contributed by atoms with Gasteiger partial charge in [0.25, 0.3) is 0 Å². The third kappa shape index (κ3) is 5.44. The van der Waals surface area contributed by atoms with Crippen LogP contribution in [0, 0.1) is 11.3 Å². The van der Waals surface area contributed by atoms with Gasteiger partial charge in [0.1, 0.15) is 0 Å². The molecule has 1 aliphatic rings. The quantitative estimate of drug-likeness (QED) is 0.440. The van der Waals surface area contributed by atoms with Gasteiger partial charge in [-0.3, -0.25) is 4.99 Å². The third-order valence-corrected chi connectivity index (χ3v) is 3.15. The molecule has 17 heavy (non-hydrogen) atoms. The first kappa shape index (κ1) is 17.0. The summed E-state index contributed by atoms with van der Waals surface area (Å²) in [5.74, 6) is 1.87. The van der Waals surface area contributed by atoms with Crippen molar-refractivity contribution < 1.29 is 0 Å². The van der Waals surface area contributed by atoms with Crippen LogP contribution in [0.25, 0.3) is 0 Å². The van der Waals surface area contributed by atoms with Crippen molar-refractivity contribution in [1.29, 1.82) is 0 Å². The van der Waals surface area contributed by atoms with Gasteiger partial charge in [0, 0.05) is 34.7 Å². The maximum Gasteiger partial charge on any atom is 0.195 e. The van der Waals surface area contributed by atoms with Crippen molar-refractivity contribution in [2.75, 3.05) is 34.7 Å². The maximum atomic E-state index is 4.78. The fourth-order valence-electron chi connectivity index (χ4n) is 2.39. The van der Waals surface area contributed by atoms with Crippen molar-refractivity contribution >= 4 is 29.9 Å². The lowest BCUT2D eigenvalue weighted by Crippen LogP contribution is -2.36. The molecule has 102 valence electrons. The van der Waals surface area contributed by atoms with E-state index >= 15 is 0 Å². The van der Waals surface area contributed by atoms with Gasteiger partial charge in [0.15, 0.2) is 5.96 Å². The van der Waals surface area contributed by atoms with Crippen LogP contribution in [0.5, 0.6) is 0 Å². The number of rotatable bonds is 4. The van der Waals surface area contributed by atoms with Crippen molar-refractivity contribution in [3.63, 3.8) is 0 Å². The highest BCUT2D eigenvalue weighted by atomic mass is 127. The van der Waals surface area contributed by atoms with Crippen LogP contribution < -0.4 is 0 Å². The van der Waals surface area contributed by atoms with Crippen molar-refractivity contribution in [2.45, 2.75) is 33.1 Å². The highest BCUT2D eigenvalue weighted by Crippen LogP contribution is 2.50. The van der Waals surface area contributed by atoms with Gasteiger partial charge in [-0.15, -0.1) is 24.0 Å². The molecule has 3 nitrogen and oxygen atoms in total. The molecule has 0 aliphatic heterocycles. The smallest absolute Gasteiger partial charge is 0.195 e. The largest absolute Gasteiger partial charge is 0.349 e. The van der Waals surface area contributed by atoms with E-state index in [0.717, 1.165) is 18.4 Å². The topological polar surface area (TPSA) is 18.8 Å². The Balaban J connectivity index is 0.00000256. The summed E-state index contributed by atoms with van der Waals surface area (Å²) in [6.07, 6.45) is 4.05. The Hall–Kier alpha value is 0. The van der Waals surface area contributed by atoms with Crippen LogP contribution >= 0.6 is 24.0 Å². The van der Waals surface area contributed by atoms with Crippen molar-refractivity contribution in [1.82, 2.24) is 9.80 Å². The summed E-state index contributed by atoms with van der Waals surface area (Å²) in [7, 11) is 8.23. The number of hydrogen-bond acceptors (Lipinski definition) is 1. The molecule has 0 N–H and O–H groups in total. The van der Waals surface area contributed by atoms with E-state index in [9.17, 15) is 0 Å². The first-order chi connectivity index (χ1) is 7.36. The summed E-state index contributed by atoms with van der Waals surface area (Å²) in [6.45, 7) is 5.61. The Kier molecular flexibility index (Phi) is 6.81. The molecule has 1 saturated carbocycles. The average Bonchev–Trinajstić information content (AvgIpc) is 2.82. The van der Waals surface area contributed by atoms with Crippen LogP contribution in [0.4, 0.5) is 0 Å². The Morgan fingerprint density at radius 2 is 1.59 bits per heavy atom. The van der Waals surface area contributed by atoms with Gasteiger partial charge < -0.3 is 9.80 Å². The second-order valence-corrected chi connectivity index (χ2v) is 6.00. The van der Waals surface area contributed by atoms with Crippen molar-refractivity contribution in [3.05, 3.63) is 0 Å². The zero-order chi connectivity index (χ0) is 12.3. The zero-order valence-electron chi connectivity index (χ0n) is 12.2. The van der Waals surface area contributed by atoms with E-state index in [2.05, 4.69) is 51.8 Å². The van der Waals surface area contributed by atoms with Crippen LogP contribution in [0.15, 0.2) is 4.99 Å². The monoisotopic (exact) mass is 353 g/mol. The number of halogens is 1. The number of nitrogens with zero attached hydrogens (tertiary/aromatic N) is 3. The Morgan fingerprint density at radius 3 is 1.88 bits per heavy atom. The molecule has 0 radical (unpaired) electrons. The van der Waals surface area contributed by atoms with E-state index in [1.165, 1.54) is 19.3 Å². The molecule has 4 heteroatoms. The first-order valence-corrected chi connectivity index (χ1v) is 6.25. The van der Waals surface area contributed by atoms with Crippen LogP contribution in [-0.2, 0) is 0 Å². The van der Waals surface area contributed by atoms with Crippen LogP contribution in [0.3, 0.4) is 0 Å². The van der Waals surface area contributed by atoms with Crippen LogP contribution in [-0.4, -0.2) is 50.5 Å². The fraction of sp³-hybridized carbons (Fsp3) is 0.923. The Labute approximate surface area is 124 Å². The maximum absolute atomic E-state index is 4.78. The normalized spacial score (nSPS) is 16.2. The molecule has 0 saturated heterocycles. The summed E-state index contributed by atoms with van der Waals surface area (Å²) >= 11 is 0. The summed E-state index contributed by atoms with van der Waals surface area (Å²) in [5.41, 5.74) is 0.533. The molecule has 0 unspecified atom stereocenters. The van der Waals surface area contributed by atoms with Gasteiger partial charge in [-0.05, 0) is 30.6 Å². The number of hydrogen-bond donors (Lipinski definition) is 0. The molecule has 0 aromatic rings. The molecule has 0 atom stereocenters. The zero-order valence-corrected chi connectivity index (χ0v) is 14.5. The Bertz CT molecular complexity index is 245. The summed E-state index contributed by atoms with van der Waals surface area (Å²) < 4.78 is 0. The van der Waals surface area contributed by atoms with E-state index in [1.807, 2.05) is 0 Å². The highest BCUT2D eigenvalue weighted by Gasteiger charge is 2.42. The molecule has 0 spiro atoms. The number of guanidine groups is 1. The van der Waals surface area contributed by atoms with Crippen LogP contribution in [0.2, 0.25) is 0 Å². The Morgan fingerprint density at radius 1 is 1.12 bits per heavy atom. The van der Waals surface area contributed by atoms with E-state index in [4.69, 9.17) is 4.99 Å². The lowest BCUT2D eigenvalue weighted by atomic mass is 9.94. The molecular formula is C13H28IN3. The van der Waals surface area contributed by atoms with Crippen molar-refractivity contribution in [3.8, 4) is 0 Å². The summed E-state index contributed by atoms with van der Waals surface area (Å²) in [5, 5.41) is 0. The molecule has 0 aromatic carbocycles. The molecule has 1 rings (SSSR count). The lowest BCUT2D eigenvalue weighted by molar-refractivity contribution is 0.391. The molecular weight excluding hydrogens is 325 g/mol. The summed E-state index contributed by atoms with van der Waals surface area (Å²) in [6, 6.07) is 0. The molecule has 0 heterocycles. The van der Waals surface area contributed by atoms with Gasteiger partial charge in [0.2, 0.25) is 0 Å². The number of aliphatic imine (C=N–C) groups is 1. The standard InChI is InChI=1S/C13H27N3.HI/c1-11(2)9-13(7-8-13)10-14-12(15(3)4)16(5)6;/h11H,7-10H2,1-6H3;1H. The highest BCUT2D eigenvalue weighted by molar-refractivity contribution is 14.0. The van der Waals surface area contributed by atoms with Gasteiger partial charge in [-0.2, -0.15) is 0 Å². The van der Waals surface area contributed by atoms with E-state index in [0.29, 0.717) is 5.41 Å². The van der Waals surface area contributed by atoms with Gasteiger partial charge in [0.05, 0.1) is 0 Å². The average molecular weight is 353 g/mol. The fourth-order valence-corrected chi connectivity index (χ4v) is 2.39. The van der Waals surface area contributed by atoms with Gasteiger partial charge in [-0.1, -0.05) is 13.8 Å². The second-order valence-electron chi connectivity index (χ2n) is 6.00. The SMILES string of the molecule is CC(C)CC1(CN=C(N(C)C)N(C)C)CC1.I. The molecule has 0 aromatic heterocycles. The third-order valence-electron chi connectivity index (χ3n) is 3.15. The summed E-state index contributed by atoms with van der Waals surface area (Å²) in [4.78, 5) is 8.96. The van der Waals surface area contributed by atoms with E-state index in [-0.39, 0.29) is 24.0 Å². The first-order valence-electron chi connectivity index (χ1n) is 6.25. The molecule has 0 bridgehead atoms. The second kappa shape index (κ2) is 6.81. The minimum absolute atomic E-state index is 0. The predicted octanol–water partition coefficient (Wildman–Crippen LogP) is 2.91. The minimum Gasteiger partial charge on any atom is -0.349 e. The van der Waals surface area contributed by atoms with E-state index < -0.39 is 0 Å². The van der Waals surface area contributed by atoms with Gasteiger partial charge in [-0.25, -0.2) is 0 Å². The predicted molar refractivity (Wildman–Crippen MR) is 86.2 cm³/mol.